The third-order valence-electron chi connectivity index (χ3n) is 3.81. The smallest absolute Gasteiger partial charge is 0.179 e. The molecule has 1 saturated heterocycles. The highest BCUT2D eigenvalue weighted by molar-refractivity contribution is 7.91. The second kappa shape index (κ2) is 6.55. The number of benzene rings is 1. The molecule has 2 rings (SSSR count). The molecule has 1 aliphatic heterocycles. The lowest BCUT2D eigenvalue weighted by Crippen LogP contribution is -2.28. The monoisotopic (exact) mass is 311 g/mol. The van der Waals surface area contributed by atoms with E-state index in [0.29, 0.717) is 12.1 Å². The Morgan fingerprint density at radius 1 is 1.48 bits per heavy atom. The van der Waals surface area contributed by atoms with E-state index >= 15 is 0 Å². The molecule has 1 atom stereocenters. The van der Waals surface area contributed by atoms with Gasteiger partial charge in [0.15, 0.2) is 9.84 Å². The van der Waals surface area contributed by atoms with Crippen LogP contribution in [0.15, 0.2) is 29.2 Å². The summed E-state index contributed by atoms with van der Waals surface area (Å²) in [6, 6.07) is 6.19. The van der Waals surface area contributed by atoms with Crippen molar-refractivity contribution >= 4 is 15.7 Å². The molecule has 0 radical (unpaired) electrons. The molecule has 0 amide bonds. The van der Waals surface area contributed by atoms with Crippen molar-refractivity contribution in [3.63, 3.8) is 0 Å². The number of nitrogens with one attached hydrogen (secondary N) is 1. The first kappa shape index (κ1) is 15.9. The largest absolute Gasteiger partial charge is 0.396 e. The van der Waals surface area contributed by atoms with Gasteiger partial charge < -0.3 is 15.7 Å². The van der Waals surface area contributed by atoms with Gasteiger partial charge in [-0.3, -0.25) is 5.41 Å². The van der Waals surface area contributed by atoms with E-state index in [0.717, 1.165) is 19.5 Å². The van der Waals surface area contributed by atoms with Crippen molar-refractivity contribution < 1.29 is 13.5 Å². The van der Waals surface area contributed by atoms with E-state index in [2.05, 4.69) is 4.90 Å². The maximum Gasteiger partial charge on any atom is 0.179 e. The molecule has 21 heavy (non-hydrogen) atoms. The van der Waals surface area contributed by atoms with E-state index in [1.54, 1.807) is 12.1 Å². The van der Waals surface area contributed by atoms with E-state index < -0.39 is 9.84 Å². The van der Waals surface area contributed by atoms with Gasteiger partial charge in [-0.05, 0) is 31.0 Å². The zero-order valence-electron chi connectivity index (χ0n) is 11.8. The lowest BCUT2D eigenvalue weighted by atomic mass is 10.1. The molecule has 0 aromatic heterocycles. The predicted molar refractivity (Wildman–Crippen MR) is 81.1 cm³/mol. The minimum absolute atomic E-state index is 0.0342. The van der Waals surface area contributed by atoms with Crippen LogP contribution in [0.1, 0.15) is 12.0 Å². The summed E-state index contributed by atoms with van der Waals surface area (Å²) >= 11 is 0. The summed E-state index contributed by atoms with van der Waals surface area (Å²) in [5.74, 6) is 0.151. The molecule has 6 nitrogen and oxygen atoms in total. The van der Waals surface area contributed by atoms with Crippen molar-refractivity contribution in [3.8, 4) is 0 Å². The number of likely N-dealkylation sites (tertiary alicyclic amines) is 1. The quantitative estimate of drug-likeness (QED) is 0.508. The molecule has 1 aromatic rings. The van der Waals surface area contributed by atoms with Crippen molar-refractivity contribution in [2.45, 2.75) is 11.3 Å². The first-order valence-electron chi connectivity index (χ1n) is 6.93. The minimum Gasteiger partial charge on any atom is -0.396 e. The highest BCUT2D eigenvalue weighted by Crippen LogP contribution is 2.17. The zero-order chi connectivity index (χ0) is 15.5. The van der Waals surface area contributed by atoms with Crippen LogP contribution >= 0.6 is 0 Å². The van der Waals surface area contributed by atoms with Gasteiger partial charge in [0.05, 0.1) is 10.6 Å². The van der Waals surface area contributed by atoms with E-state index in [1.807, 2.05) is 0 Å². The number of hydrogen-bond acceptors (Lipinski definition) is 5. The highest BCUT2D eigenvalue weighted by Gasteiger charge is 2.24. The molecule has 7 heteroatoms. The normalized spacial score (nSPS) is 19.8. The highest BCUT2D eigenvalue weighted by atomic mass is 32.2. The molecular formula is C14H21N3O3S. The van der Waals surface area contributed by atoms with Crippen molar-refractivity contribution in [2.75, 3.05) is 32.0 Å². The average molecular weight is 311 g/mol. The van der Waals surface area contributed by atoms with Crippen molar-refractivity contribution in [1.29, 1.82) is 5.41 Å². The summed E-state index contributed by atoms with van der Waals surface area (Å²) < 4.78 is 24.7. The zero-order valence-corrected chi connectivity index (χ0v) is 12.6. The molecule has 1 aromatic carbocycles. The lowest BCUT2D eigenvalue weighted by Gasteiger charge is -2.15. The second-order valence-electron chi connectivity index (χ2n) is 5.40. The van der Waals surface area contributed by atoms with Crippen LogP contribution in [0, 0.1) is 11.3 Å². The van der Waals surface area contributed by atoms with Crippen LogP contribution in [0.4, 0.5) is 0 Å². The summed E-state index contributed by atoms with van der Waals surface area (Å²) in [6.45, 7) is 2.20. The topological polar surface area (TPSA) is 107 Å². The summed E-state index contributed by atoms with van der Waals surface area (Å²) in [4.78, 5) is 2.26. The number of aliphatic hydroxyl groups is 1. The van der Waals surface area contributed by atoms with Crippen LogP contribution in [0.5, 0.6) is 0 Å². The molecule has 1 aliphatic rings. The molecule has 1 unspecified atom stereocenters. The van der Waals surface area contributed by atoms with Gasteiger partial charge in [0.25, 0.3) is 0 Å². The Kier molecular flexibility index (Phi) is 4.97. The molecule has 0 aliphatic carbocycles. The van der Waals surface area contributed by atoms with E-state index in [1.165, 1.54) is 12.1 Å². The van der Waals surface area contributed by atoms with Gasteiger partial charge in [-0.25, -0.2) is 8.42 Å². The summed E-state index contributed by atoms with van der Waals surface area (Å²) in [6.07, 6.45) is 0.913. The van der Waals surface area contributed by atoms with E-state index in [9.17, 15) is 8.42 Å². The van der Waals surface area contributed by atoms with Gasteiger partial charge in [0.1, 0.15) is 5.84 Å². The molecule has 0 spiro atoms. The molecule has 1 heterocycles. The van der Waals surface area contributed by atoms with Crippen LogP contribution in [0.25, 0.3) is 0 Å². The number of nitrogens with zero attached hydrogens (tertiary/aromatic N) is 1. The van der Waals surface area contributed by atoms with Gasteiger partial charge in [-0.2, -0.15) is 0 Å². The van der Waals surface area contributed by atoms with Crippen LogP contribution in [0.3, 0.4) is 0 Å². The van der Waals surface area contributed by atoms with Gasteiger partial charge in [-0.1, -0.05) is 12.1 Å². The lowest BCUT2D eigenvalue weighted by molar-refractivity contribution is 0.224. The Labute approximate surface area is 125 Å². The second-order valence-corrected chi connectivity index (χ2v) is 7.51. The Morgan fingerprint density at radius 3 is 2.86 bits per heavy atom. The third-order valence-corrected chi connectivity index (χ3v) is 5.50. The SMILES string of the molecule is N=C(N)c1cccc(S(=O)(=O)CCN2CCC(CO)C2)c1. The first-order chi connectivity index (χ1) is 9.92. The predicted octanol–water partition coefficient (Wildman–Crippen LogP) is 0.0586. The summed E-state index contributed by atoms with van der Waals surface area (Å²) in [5.41, 5.74) is 5.80. The Morgan fingerprint density at radius 2 is 2.24 bits per heavy atom. The van der Waals surface area contributed by atoms with Crippen LogP contribution in [-0.2, 0) is 9.84 Å². The van der Waals surface area contributed by atoms with Gasteiger partial charge >= 0.3 is 0 Å². The molecule has 116 valence electrons. The van der Waals surface area contributed by atoms with Crippen LogP contribution < -0.4 is 5.73 Å². The van der Waals surface area contributed by atoms with Gasteiger partial charge in [0.2, 0.25) is 0 Å². The standard InChI is InChI=1S/C14H21N3O3S/c15-14(16)12-2-1-3-13(8-12)21(19,20)7-6-17-5-4-11(9-17)10-18/h1-3,8,11,18H,4-7,9-10H2,(H3,15,16). The molecule has 0 saturated carbocycles. The van der Waals surface area contributed by atoms with E-state index in [-0.39, 0.29) is 29.0 Å². The van der Waals surface area contributed by atoms with Gasteiger partial charge in [0, 0.05) is 25.3 Å². The van der Waals surface area contributed by atoms with Gasteiger partial charge in [-0.15, -0.1) is 0 Å². The summed E-state index contributed by atoms with van der Waals surface area (Å²) in [7, 11) is -3.38. The number of rotatable bonds is 6. The fourth-order valence-electron chi connectivity index (χ4n) is 2.49. The van der Waals surface area contributed by atoms with Crippen LogP contribution in [0.2, 0.25) is 0 Å². The maximum atomic E-state index is 12.3. The van der Waals surface area contributed by atoms with Crippen molar-refractivity contribution in [1.82, 2.24) is 4.90 Å². The maximum absolute atomic E-state index is 12.3. The molecule has 4 N–H and O–H groups in total. The number of hydrogen-bond donors (Lipinski definition) is 3. The summed E-state index contributed by atoms with van der Waals surface area (Å²) in [5, 5.41) is 16.5. The molecule has 0 bridgehead atoms. The number of nitrogens with two attached hydrogens (primary N) is 1. The van der Waals surface area contributed by atoms with Crippen molar-refractivity contribution in [2.24, 2.45) is 11.7 Å². The van der Waals surface area contributed by atoms with E-state index in [4.69, 9.17) is 16.2 Å². The Balaban J connectivity index is 2.02. The number of sulfone groups is 1. The molecular weight excluding hydrogens is 290 g/mol. The fraction of sp³-hybridized carbons (Fsp3) is 0.500. The Hall–Kier alpha value is -1.44. The molecule has 1 fully saturated rings. The van der Waals surface area contributed by atoms with Crippen LogP contribution in [-0.4, -0.2) is 56.3 Å². The number of nitrogen functional groups attached to an aromatic ring is 1. The minimum atomic E-state index is -3.38. The Bertz CT molecular complexity index is 616. The number of amidine groups is 1. The fourth-order valence-corrected chi connectivity index (χ4v) is 3.82. The first-order valence-corrected chi connectivity index (χ1v) is 8.58. The van der Waals surface area contributed by atoms with Crippen molar-refractivity contribution in [3.05, 3.63) is 29.8 Å². The number of aliphatic hydroxyl groups excluding tert-OH is 1. The third kappa shape index (κ3) is 4.03. The average Bonchev–Trinajstić information content (AvgIpc) is 2.93.